The van der Waals surface area contributed by atoms with Gasteiger partial charge in [-0.1, -0.05) is 0 Å². The smallest absolute Gasteiger partial charge is 0.222 e. The van der Waals surface area contributed by atoms with Crippen molar-refractivity contribution >= 4 is 15.9 Å². The number of rotatable bonds is 6. The van der Waals surface area contributed by atoms with Gasteiger partial charge in [0.05, 0.1) is 5.25 Å². The number of aryl methyl sites for hydroxylation is 1. The third-order valence-corrected chi connectivity index (χ3v) is 6.30. The van der Waals surface area contributed by atoms with Crippen LogP contribution in [0.2, 0.25) is 0 Å². The molecule has 0 aromatic carbocycles. The monoisotopic (exact) mass is 327 g/mol. The molecule has 0 bridgehead atoms. The van der Waals surface area contributed by atoms with E-state index in [0.29, 0.717) is 32.6 Å². The summed E-state index contributed by atoms with van der Waals surface area (Å²) in [5.41, 5.74) is 0. The molecule has 2 heterocycles. The van der Waals surface area contributed by atoms with Crippen LogP contribution in [0, 0.1) is 0 Å². The van der Waals surface area contributed by atoms with Gasteiger partial charge in [-0.2, -0.15) is 4.31 Å². The second kappa shape index (κ2) is 7.28. The van der Waals surface area contributed by atoms with Crippen LogP contribution >= 0.6 is 0 Å². The predicted molar refractivity (Wildman–Crippen MR) is 85.9 cm³/mol. The van der Waals surface area contributed by atoms with Crippen molar-refractivity contribution in [3.05, 3.63) is 24.5 Å². The summed E-state index contributed by atoms with van der Waals surface area (Å²) in [6.07, 6.45) is 5.28. The van der Waals surface area contributed by atoms with Gasteiger partial charge >= 0.3 is 0 Å². The van der Waals surface area contributed by atoms with Crippen LogP contribution in [-0.4, -0.2) is 59.5 Å². The van der Waals surface area contributed by atoms with E-state index in [-0.39, 0.29) is 5.91 Å². The summed E-state index contributed by atoms with van der Waals surface area (Å²) in [5, 5.41) is -0.406. The molecule has 124 valence electrons. The predicted octanol–water partition coefficient (Wildman–Crippen LogP) is 1.15. The fraction of sp³-hybridized carbons (Fsp3) is 0.667. The maximum absolute atomic E-state index is 12.2. The van der Waals surface area contributed by atoms with Crippen LogP contribution in [0.5, 0.6) is 0 Å². The topological polar surface area (TPSA) is 62.6 Å². The Bertz CT molecular complexity index is 573. The van der Waals surface area contributed by atoms with Gasteiger partial charge in [-0.25, -0.2) is 8.42 Å². The van der Waals surface area contributed by atoms with Crippen molar-refractivity contribution in [2.24, 2.45) is 0 Å². The van der Waals surface area contributed by atoms with Crippen molar-refractivity contribution < 1.29 is 13.2 Å². The van der Waals surface area contributed by atoms with Crippen molar-refractivity contribution in [2.75, 3.05) is 26.2 Å². The molecule has 2 rings (SSSR count). The van der Waals surface area contributed by atoms with Crippen molar-refractivity contribution in [2.45, 2.75) is 38.5 Å². The largest absolute Gasteiger partial charge is 0.354 e. The molecule has 1 aliphatic heterocycles. The number of carbonyl (C=O) groups is 1. The number of hydrogen-bond donors (Lipinski definition) is 0. The van der Waals surface area contributed by atoms with Crippen LogP contribution in [0.3, 0.4) is 0 Å². The molecule has 0 aliphatic carbocycles. The summed E-state index contributed by atoms with van der Waals surface area (Å²) >= 11 is 0. The molecule has 0 spiro atoms. The van der Waals surface area contributed by atoms with Crippen LogP contribution in [0.25, 0.3) is 0 Å². The molecule has 0 unspecified atom stereocenters. The first-order valence-corrected chi connectivity index (χ1v) is 9.29. The average molecular weight is 327 g/mol. The van der Waals surface area contributed by atoms with E-state index in [9.17, 15) is 13.2 Å². The summed E-state index contributed by atoms with van der Waals surface area (Å²) in [6, 6.07) is 3.94. The molecule has 1 amide bonds. The number of aromatic nitrogens is 1. The van der Waals surface area contributed by atoms with Crippen LogP contribution in [0.4, 0.5) is 0 Å². The van der Waals surface area contributed by atoms with Crippen molar-refractivity contribution in [1.29, 1.82) is 0 Å². The summed E-state index contributed by atoms with van der Waals surface area (Å²) in [4.78, 5) is 13.9. The van der Waals surface area contributed by atoms with Gasteiger partial charge < -0.3 is 9.47 Å². The Morgan fingerprint density at radius 1 is 1.09 bits per heavy atom. The minimum absolute atomic E-state index is 0.119. The number of sulfonamides is 1. The lowest BCUT2D eigenvalue weighted by Gasteiger charge is -2.35. The first-order valence-electron chi connectivity index (χ1n) is 7.79. The Balaban J connectivity index is 1.75. The highest BCUT2D eigenvalue weighted by molar-refractivity contribution is 7.89. The lowest BCUT2D eigenvalue weighted by Crippen LogP contribution is -2.51. The normalized spacial score (nSPS) is 17.1. The van der Waals surface area contributed by atoms with Gasteiger partial charge in [-0.15, -0.1) is 0 Å². The van der Waals surface area contributed by atoms with Gasteiger partial charge in [0, 0.05) is 51.5 Å². The Hall–Kier alpha value is -1.34. The van der Waals surface area contributed by atoms with E-state index in [1.54, 1.807) is 18.7 Å². The van der Waals surface area contributed by atoms with Crippen molar-refractivity contribution in [3.8, 4) is 0 Å². The summed E-state index contributed by atoms with van der Waals surface area (Å²) in [7, 11) is -3.20. The molecule has 0 radical (unpaired) electrons. The van der Waals surface area contributed by atoms with Crippen LogP contribution in [0.1, 0.15) is 26.7 Å². The molecule has 6 nitrogen and oxygen atoms in total. The van der Waals surface area contributed by atoms with E-state index in [1.807, 2.05) is 24.5 Å². The van der Waals surface area contributed by atoms with E-state index in [4.69, 9.17) is 0 Å². The lowest BCUT2D eigenvalue weighted by atomic mass is 10.2. The Morgan fingerprint density at radius 3 is 2.23 bits per heavy atom. The minimum Gasteiger partial charge on any atom is -0.354 e. The Morgan fingerprint density at radius 2 is 1.68 bits per heavy atom. The van der Waals surface area contributed by atoms with E-state index in [0.717, 1.165) is 13.0 Å². The maximum Gasteiger partial charge on any atom is 0.222 e. The number of carbonyl (C=O) groups excluding carboxylic acids is 1. The average Bonchev–Trinajstić information content (AvgIpc) is 3.00. The van der Waals surface area contributed by atoms with Gasteiger partial charge in [0.25, 0.3) is 0 Å². The SMILES string of the molecule is CC(C)S(=O)(=O)N1CCN(C(=O)CCCn2cccc2)CC1. The Labute approximate surface area is 132 Å². The first-order chi connectivity index (χ1) is 10.4. The first kappa shape index (κ1) is 17.0. The Kier molecular flexibility index (Phi) is 5.63. The van der Waals surface area contributed by atoms with Crippen LogP contribution < -0.4 is 0 Å². The third-order valence-electron chi connectivity index (χ3n) is 4.02. The fourth-order valence-electron chi connectivity index (χ4n) is 2.58. The standard InChI is InChI=1S/C15H25N3O3S/c1-14(2)22(20,21)18-12-10-17(11-13-18)15(19)6-5-9-16-7-3-4-8-16/h3-4,7-8,14H,5-6,9-13H2,1-2H3. The van der Waals surface area contributed by atoms with Crippen molar-refractivity contribution in [3.63, 3.8) is 0 Å². The lowest BCUT2D eigenvalue weighted by molar-refractivity contribution is -0.132. The van der Waals surface area contributed by atoms with E-state index >= 15 is 0 Å². The van der Waals surface area contributed by atoms with Gasteiger partial charge in [0.2, 0.25) is 15.9 Å². The minimum atomic E-state index is -3.20. The number of piperazine rings is 1. The van der Waals surface area contributed by atoms with Crippen LogP contribution in [-0.2, 0) is 21.4 Å². The molecule has 0 saturated carbocycles. The van der Waals surface area contributed by atoms with Gasteiger partial charge in [0.1, 0.15) is 0 Å². The summed E-state index contributed by atoms with van der Waals surface area (Å²) in [6.45, 7) is 6.01. The number of nitrogens with zero attached hydrogens (tertiary/aromatic N) is 3. The second-order valence-corrected chi connectivity index (χ2v) is 8.39. The van der Waals surface area contributed by atoms with E-state index in [2.05, 4.69) is 4.57 Å². The zero-order valence-corrected chi connectivity index (χ0v) is 14.1. The van der Waals surface area contributed by atoms with Gasteiger partial charge in [-0.3, -0.25) is 4.79 Å². The molecule has 0 N–H and O–H groups in total. The van der Waals surface area contributed by atoms with E-state index in [1.165, 1.54) is 4.31 Å². The molecule has 1 aliphatic rings. The fourth-order valence-corrected chi connectivity index (χ4v) is 3.85. The molecule has 1 aromatic heterocycles. The molecular weight excluding hydrogens is 302 g/mol. The van der Waals surface area contributed by atoms with Crippen LogP contribution in [0.15, 0.2) is 24.5 Å². The highest BCUT2D eigenvalue weighted by atomic mass is 32.2. The quantitative estimate of drug-likeness (QED) is 0.787. The number of hydrogen-bond acceptors (Lipinski definition) is 3. The summed E-state index contributed by atoms with van der Waals surface area (Å²) < 4.78 is 27.7. The molecule has 1 aromatic rings. The molecule has 7 heteroatoms. The molecular formula is C15H25N3O3S. The van der Waals surface area contributed by atoms with Gasteiger partial charge in [0.15, 0.2) is 0 Å². The highest BCUT2D eigenvalue weighted by Crippen LogP contribution is 2.13. The third kappa shape index (κ3) is 4.10. The zero-order chi connectivity index (χ0) is 16.2. The second-order valence-electron chi connectivity index (χ2n) is 5.90. The highest BCUT2D eigenvalue weighted by Gasteiger charge is 2.30. The van der Waals surface area contributed by atoms with Gasteiger partial charge in [-0.05, 0) is 32.4 Å². The molecule has 22 heavy (non-hydrogen) atoms. The maximum atomic E-state index is 12.2. The van der Waals surface area contributed by atoms with E-state index < -0.39 is 15.3 Å². The zero-order valence-electron chi connectivity index (χ0n) is 13.3. The number of amides is 1. The molecule has 1 saturated heterocycles. The molecule has 1 fully saturated rings. The summed E-state index contributed by atoms with van der Waals surface area (Å²) in [5.74, 6) is 0.119. The molecule has 0 atom stereocenters. The van der Waals surface area contributed by atoms with Crippen molar-refractivity contribution in [1.82, 2.24) is 13.8 Å².